The number of rotatable bonds is 5. The van der Waals surface area contributed by atoms with E-state index in [0.717, 1.165) is 18.2 Å². The molecule has 0 aliphatic rings. The Hall–Kier alpha value is -3.03. The van der Waals surface area contributed by atoms with Gasteiger partial charge in [0.15, 0.2) is 0 Å². The minimum absolute atomic E-state index is 0.00385. The molecule has 8 heteroatoms. The predicted molar refractivity (Wildman–Crippen MR) is 86.0 cm³/mol. The standard InChI is InChI=1S/C17H16F2N4O2/c1-10-8-20-23(9-12-6-13(18)3-4-15(12)19)17(10)21-16(24)7-14-5-11(2)25-22-14/h3-6,8H,7,9H2,1-2H3,(H,21,24). The van der Waals surface area contributed by atoms with Crippen LogP contribution in [0, 0.1) is 25.5 Å². The van der Waals surface area contributed by atoms with Crippen LogP contribution < -0.4 is 5.32 Å². The summed E-state index contributed by atoms with van der Waals surface area (Å²) in [5.41, 5.74) is 1.36. The van der Waals surface area contributed by atoms with Gasteiger partial charge in [0.05, 0.1) is 24.9 Å². The molecule has 1 aromatic carbocycles. The number of hydrogen-bond acceptors (Lipinski definition) is 4. The van der Waals surface area contributed by atoms with E-state index in [2.05, 4.69) is 15.6 Å². The largest absolute Gasteiger partial charge is 0.361 e. The van der Waals surface area contributed by atoms with Gasteiger partial charge in [0.25, 0.3) is 0 Å². The minimum atomic E-state index is -0.537. The summed E-state index contributed by atoms with van der Waals surface area (Å²) in [6.07, 6.45) is 1.59. The van der Waals surface area contributed by atoms with Crippen molar-refractivity contribution in [3.63, 3.8) is 0 Å². The SMILES string of the molecule is Cc1cc(CC(=O)Nc2c(C)cnn2Cc2cc(F)ccc2F)no1. The third kappa shape index (κ3) is 3.90. The lowest BCUT2D eigenvalue weighted by Gasteiger charge is -2.10. The van der Waals surface area contributed by atoms with Crippen LogP contribution >= 0.6 is 0 Å². The van der Waals surface area contributed by atoms with Gasteiger partial charge in [-0.2, -0.15) is 5.10 Å². The molecule has 2 aromatic heterocycles. The number of halogens is 2. The summed E-state index contributed by atoms with van der Waals surface area (Å²) in [7, 11) is 0. The first kappa shape index (κ1) is 16.8. The monoisotopic (exact) mass is 346 g/mol. The fourth-order valence-electron chi connectivity index (χ4n) is 2.43. The normalized spacial score (nSPS) is 10.9. The molecule has 0 radical (unpaired) electrons. The van der Waals surface area contributed by atoms with Gasteiger partial charge in [0, 0.05) is 17.2 Å². The van der Waals surface area contributed by atoms with Crippen molar-refractivity contribution in [2.45, 2.75) is 26.8 Å². The van der Waals surface area contributed by atoms with Crippen molar-refractivity contribution in [1.29, 1.82) is 0 Å². The Morgan fingerprint density at radius 1 is 1.28 bits per heavy atom. The van der Waals surface area contributed by atoms with Crippen LogP contribution in [-0.4, -0.2) is 20.8 Å². The molecule has 0 atom stereocenters. The van der Waals surface area contributed by atoms with Crippen molar-refractivity contribution < 1.29 is 18.1 Å². The van der Waals surface area contributed by atoms with E-state index in [1.165, 1.54) is 4.68 Å². The topological polar surface area (TPSA) is 73.0 Å². The van der Waals surface area contributed by atoms with Crippen LogP contribution in [0.1, 0.15) is 22.6 Å². The first-order valence-electron chi connectivity index (χ1n) is 7.61. The van der Waals surface area contributed by atoms with Gasteiger partial charge < -0.3 is 9.84 Å². The van der Waals surface area contributed by atoms with Crippen LogP contribution in [0.4, 0.5) is 14.6 Å². The Bertz CT molecular complexity index is 917. The second-order valence-corrected chi connectivity index (χ2v) is 5.72. The molecule has 2 heterocycles. The zero-order valence-electron chi connectivity index (χ0n) is 13.7. The average molecular weight is 346 g/mol. The number of aryl methyl sites for hydroxylation is 2. The highest BCUT2D eigenvalue weighted by Crippen LogP contribution is 2.18. The molecule has 0 fully saturated rings. The number of benzene rings is 1. The molecule has 0 bridgehead atoms. The predicted octanol–water partition coefficient (Wildman–Crippen LogP) is 3.00. The third-order valence-corrected chi connectivity index (χ3v) is 3.63. The highest BCUT2D eigenvalue weighted by molar-refractivity contribution is 5.91. The lowest BCUT2D eigenvalue weighted by atomic mass is 10.2. The second-order valence-electron chi connectivity index (χ2n) is 5.72. The molecule has 0 unspecified atom stereocenters. The molecule has 0 aliphatic carbocycles. The molecule has 0 saturated heterocycles. The van der Waals surface area contributed by atoms with Gasteiger partial charge in [0.1, 0.15) is 23.2 Å². The van der Waals surface area contributed by atoms with Crippen LogP contribution in [0.2, 0.25) is 0 Å². The summed E-state index contributed by atoms with van der Waals surface area (Å²) in [4.78, 5) is 12.2. The van der Waals surface area contributed by atoms with Crippen molar-refractivity contribution >= 4 is 11.7 Å². The van der Waals surface area contributed by atoms with E-state index in [1.807, 2.05) is 0 Å². The molecular weight excluding hydrogens is 330 g/mol. The zero-order chi connectivity index (χ0) is 18.0. The van der Waals surface area contributed by atoms with Gasteiger partial charge in [-0.3, -0.25) is 4.79 Å². The van der Waals surface area contributed by atoms with Gasteiger partial charge in [-0.25, -0.2) is 13.5 Å². The van der Waals surface area contributed by atoms with E-state index >= 15 is 0 Å². The number of nitrogens with zero attached hydrogens (tertiary/aromatic N) is 3. The summed E-state index contributed by atoms with van der Waals surface area (Å²) in [6.45, 7) is 3.50. The van der Waals surface area contributed by atoms with Gasteiger partial charge in [-0.1, -0.05) is 5.16 Å². The summed E-state index contributed by atoms with van der Waals surface area (Å²) in [6, 6.07) is 4.89. The third-order valence-electron chi connectivity index (χ3n) is 3.63. The van der Waals surface area contributed by atoms with Gasteiger partial charge in [-0.15, -0.1) is 0 Å². The van der Waals surface area contributed by atoms with Crippen molar-refractivity contribution in [1.82, 2.24) is 14.9 Å². The van der Waals surface area contributed by atoms with E-state index in [9.17, 15) is 13.6 Å². The fourth-order valence-corrected chi connectivity index (χ4v) is 2.43. The second kappa shape index (κ2) is 6.84. The number of hydrogen-bond donors (Lipinski definition) is 1. The maximum absolute atomic E-state index is 13.8. The summed E-state index contributed by atoms with van der Waals surface area (Å²) >= 11 is 0. The van der Waals surface area contributed by atoms with Gasteiger partial charge >= 0.3 is 0 Å². The molecule has 3 aromatic rings. The molecule has 0 aliphatic heterocycles. The maximum Gasteiger partial charge on any atom is 0.231 e. The molecule has 130 valence electrons. The lowest BCUT2D eigenvalue weighted by Crippen LogP contribution is -2.19. The van der Waals surface area contributed by atoms with Crippen LogP contribution in [0.5, 0.6) is 0 Å². The van der Waals surface area contributed by atoms with Crippen LogP contribution in [0.15, 0.2) is 35.0 Å². The highest BCUT2D eigenvalue weighted by atomic mass is 19.1. The molecular formula is C17H16F2N4O2. The smallest absolute Gasteiger partial charge is 0.231 e. The maximum atomic E-state index is 13.8. The van der Waals surface area contributed by atoms with E-state index in [-0.39, 0.29) is 24.4 Å². The molecule has 6 nitrogen and oxygen atoms in total. The Morgan fingerprint density at radius 3 is 2.80 bits per heavy atom. The molecule has 0 saturated carbocycles. The Morgan fingerprint density at radius 2 is 2.08 bits per heavy atom. The summed E-state index contributed by atoms with van der Waals surface area (Å²) in [5, 5.41) is 10.6. The van der Waals surface area contributed by atoms with E-state index < -0.39 is 11.6 Å². The van der Waals surface area contributed by atoms with Crippen molar-refractivity contribution in [3.8, 4) is 0 Å². The van der Waals surface area contributed by atoms with E-state index in [4.69, 9.17) is 4.52 Å². The van der Waals surface area contributed by atoms with Crippen LogP contribution in [0.25, 0.3) is 0 Å². The van der Waals surface area contributed by atoms with Crippen LogP contribution in [-0.2, 0) is 17.8 Å². The van der Waals surface area contributed by atoms with Crippen molar-refractivity contribution in [3.05, 3.63) is 64.7 Å². The Balaban J connectivity index is 1.77. The quantitative estimate of drug-likeness (QED) is 0.771. The highest BCUT2D eigenvalue weighted by Gasteiger charge is 2.15. The molecule has 1 amide bonds. The molecule has 1 N–H and O–H groups in total. The van der Waals surface area contributed by atoms with Gasteiger partial charge in [0.2, 0.25) is 5.91 Å². The first-order chi connectivity index (χ1) is 11.9. The number of carbonyl (C=O) groups is 1. The average Bonchev–Trinajstić information content (AvgIpc) is 3.11. The Kier molecular flexibility index (Phi) is 4.60. The van der Waals surface area contributed by atoms with Crippen molar-refractivity contribution in [2.24, 2.45) is 0 Å². The van der Waals surface area contributed by atoms with E-state index in [0.29, 0.717) is 22.8 Å². The van der Waals surface area contributed by atoms with E-state index in [1.54, 1.807) is 26.1 Å². The number of nitrogens with one attached hydrogen (secondary N) is 1. The Labute approximate surface area is 142 Å². The fraction of sp³-hybridized carbons (Fsp3) is 0.235. The lowest BCUT2D eigenvalue weighted by molar-refractivity contribution is -0.115. The minimum Gasteiger partial charge on any atom is -0.361 e. The zero-order valence-corrected chi connectivity index (χ0v) is 13.7. The van der Waals surface area contributed by atoms with Crippen LogP contribution in [0.3, 0.4) is 0 Å². The molecule has 0 spiro atoms. The molecule has 3 rings (SSSR count). The number of anilines is 1. The number of aromatic nitrogens is 3. The summed E-state index contributed by atoms with van der Waals surface area (Å²) in [5.74, 6) is -0.338. The number of carbonyl (C=O) groups excluding carboxylic acids is 1. The first-order valence-corrected chi connectivity index (χ1v) is 7.61. The van der Waals surface area contributed by atoms with Crippen molar-refractivity contribution in [2.75, 3.05) is 5.32 Å². The summed E-state index contributed by atoms with van der Waals surface area (Å²) < 4.78 is 33.5. The molecule has 25 heavy (non-hydrogen) atoms. The number of amides is 1. The van der Waals surface area contributed by atoms with Gasteiger partial charge in [-0.05, 0) is 32.0 Å².